The Morgan fingerprint density at radius 3 is 2.47 bits per heavy atom. The van der Waals surface area contributed by atoms with Crippen molar-refractivity contribution in [3.8, 4) is 0 Å². The number of nitrogens with one attached hydrogen (secondary N) is 2. The van der Waals surface area contributed by atoms with Crippen molar-refractivity contribution in [3.63, 3.8) is 0 Å². The lowest BCUT2D eigenvalue weighted by Gasteiger charge is -2.11. The highest BCUT2D eigenvalue weighted by molar-refractivity contribution is 7.99. The van der Waals surface area contributed by atoms with E-state index in [-0.39, 0.29) is 11.8 Å². The molecular formula is C13H19N3O2S. The number of benzene rings is 1. The summed E-state index contributed by atoms with van der Waals surface area (Å²) in [6.45, 7) is 3.55. The second-order valence-electron chi connectivity index (χ2n) is 4.24. The van der Waals surface area contributed by atoms with E-state index in [2.05, 4.69) is 17.7 Å². The molecule has 4 N–H and O–H groups in total. The number of anilines is 1. The summed E-state index contributed by atoms with van der Waals surface area (Å²) in [7, 11) is 0. The zero-order valence-electron chi connectivity index (χ0n) is 11.1. The van der Waals surface area contributed by atoms with Gasteiger partial charge in [0.15, 0.2) is 0 Å². The first-order valence-electron chi connectivity index (χ1n) is 6.05. The van der Waals surface area contributed by atoms with E-state index in [0.717, 1.165) is 17.0 Å². The molecule has 0 saturated carbocycles. The Morgan fingerprint density at radius 2 is 1.95 bits per heavy atom. The van der Waals surface area contributed by atoms with E-state index < -0.39 is 0 Å². The zero-order chi connectivity index (χ0) is 14.3. The molecule has 6 heteroatoms. The lowest BCUT2D eigenvalue weighted by Crippen LogP contribution is -2.30. The molecule has 104 valence electrons. The van der Waals surface area contributed by atoms with E-state index in [9.17, 15) is 9.59 Å². The van der Waals surface area contributed by atoms with E-state index in [1.54, 1.807) is 11.8 Å². The summed E-state index contributed by atoms with van der Waals surface area (Å²) >= 11 is 1.69. The van der Waals surface area contributed by atoms with Crippen molar-refractivity contribution in [2.24, 2.45) is 5.84 Å². The number of carbonyl (C=O) groups excluding carboxylic acids is 2. The average molecular weight is 281 g/mol. The number of hydrogen-bond donors (Lipinski definition) is 3. The Labute approximate surface area is 117 Å². The highest BCUT2D eigenvalue weighted by atomic mass is 32.2. The molecule has 0 saturated heterocycles. The normalized spacial score (nSPS) is 11.7. The lowest BCUT2D eigenvalue weighted by atomic mass is 10.2. The van der Waals surface area contributed by atoms with Crippen LogP contribution in [0.25, 0.3) is 0 Å². The maximum absolute atomic E-state index is 11.0. The van der Waals surface area contributed by atoms with Crippen molar-refractivity contribution in [3.05, 3.63) is 24.3 Å². The molecule has 0 heterocycles. The van der Waals surface area contributed by atoms with Crippen molar-refractivity contribution < 1.29 is 9.59 Å². The summed E-state index contributed by atoms with van der Waals surface area (Å²) < 4.78 is 0. The first-order valence-corrected chi connectivity index (χ1v) is 6.93. The largest absolute Gasteiger partial charge is 0.326 e. The van der Waals surface area contributed by atoms with Gasteiger partial charge in [0.2, 0.25) is 11.8 Å². The Morgan fingerprint density at radius 1 is 1.32 bits per heavy atom. The number of carbonyl (C=O) groups is 2. The fraction of sp³-hybridized carbons (Fsp3) is 0.385. The number of nitrogens with two attached hydrogens (primary N) is 1. The van der Waals surface area contributed by atoms with Crippen molar-refractivity contribution in [2.45, 2.75) is 36.8 Å². The molecule has 1 atom stereocenters. The van der Waals surface area contributed by atoms with Crippen LogP contribution >= 0.6 is 11.8 Å². The Hall–Kier alpha value is -1.53. The zero-order valence-corrected chi connectivity index (χ0v) is 11.9. The molecule has 0 fully saturated rings. The van der Waals surface area contributed by atoms with E-state index >= 15 is 0 Å². The summed E-state index contributed by atoms with van der Waals surface area (Å²) in [6, 6.07) is 7.64. The summed E-state index contributed by atoms with van der Waals surface area (Å²) in [6.07, 6.45) is 1.19. The molecule has 0 bridgehead atoms. The van der Waals surface area contributed by atoms with Crippen LogP contribution in [0.15, 0.2) is 29.2 Å². The van der Waals surface area contributed by atoms with Crippen molar-refractivity contribution in [2.75, 3.05) is 5.32 Å². The van der Waals surface area contributed by atoms with Crippen LogP contribution in [0.2, 0.25) is 0 Å². The Bertz CT molecular complexity index is 434. The lowest BCUT2D eigenvalue weighted by molar-refractivity contribution is -0.121. The van der Waals surface area contributed by atoms with Gasteiger partial charge in [-0.05, 0) is 30.7 Å². The van der Waals surface area contributed by atoms with Gasteiger partial charge in [0.1, 0.15) is 0 Å². The van der Waals surface area contributed by atoms with Gasteiger partial charge in [-0.1, -0.05) is 6.92 Å². The fourth-order valence-electron chi connectivity index (χ4n) is 1.52. The molecule has 0 aliphatic heterocycles. The van der Waals surface area contributed by atoms with E-state index in [1.807, 2.05) is 24.3 Å². The average Bonchev–Trinajstić information content (AvgIpc) is 2.37. The van der Waals surface area contributed by atoms with Crippen LogP contribution in [0.3, 0.4) is 0 Å². The summed E-state index contributed by atoms with van der Waals surface area (Å²) in [5.74, 6) is 4.80. The van der Waals surface area contributed by atoms with Crippen molar-refractivity contribution in [1.29, 1.82) is 0 Å². The molecule has 0 aliphatic rings. The van der Waals surface area contributed by atoms with E-state index in [4.69, 9.17) is 5.84 Å². The van der Waals surface area contributed by atoms with Crippen LogP contribution in [-0.2, 0) is 9.59 Å². The summed E-state index contributed by atoms with van der Waals surface area (Å²) in [5, 5.41) is 3.04. The van der Waals surface area contributed by atoms with Gasteiger partial charge in [0.25, 0.3) is 0 Å². The summed E-state index contributed by atoms with van der Waals surface area (Å²) in [5.41, 5.74) is 2.91. The number of thioether (sulfide) groups is 1. The molecular weight excluding hydrogens is 262 g/mol. The van der Waals surface area contributed by atoms with Gasteiger partial charge in [-0.25, -0.2) is 5.84 Å². The fourth-order valence-corrected chi connectivity index (χ4v) is 2.51. The van der Waals surface area contributed by atoms with Crippen LogP contribution in [-0.4, -0.2) is 17.1 Å². The van der Waals surface area contributed by atoms with Gasteiger partial charge in [-0.3, -0.25) is 15.0 Å². The molecule has 0 radical (unpaired) electrons. The third kappa shape index (κ3) is 6.26. The molecule has 1 rings (SSSR count). The van der Waals surface area contributed by atoms with Crippen LogP contribution in [0.5, 0.6) is 0 Å². The smallest absolute Gasteiger partial charge is 0.233 e. The topological polar surface area (TPSA) is 84.2 Å². The van der Waals surface area contributed by atoms with E-state index in [1.165, 1.54) is 6.92 Å². The quantitative estimate of drug-likeness (QED) is 0.322. The van der Waals surface area contributed by atoms with Crippen LogP contribution < -0.4 is 16.6 Å². The number of rotatable bonds is 6. The number of hydrazine groups is 1. The Balaban J connectivity index is 2.44. The van der Waals surface area contributed by atoms with E-state index in [0.29, 0.717) is 11.7 Å². The minimum Gasteiger partial charge on any atom is -0.326 e. The van der Waals surface area contributed by atoms with Crippen LogP contribution in [0.1, 0.15) is 26.7 Å². The van der Waals surface area contributed by atoms with Crippen molar-refractivity contribution >= 4 is 29.3 Å². The minimum absolute atomic E-state index is 0.0819. The maximum atomic E-state index is 11.0. The van der Waals surface area contributed by atoms with Gasteiger partial charge >= 0.3 is 0 Å². The van der Waals surface area contributed by atoms with Crippen LogP contribution in [0, 0.1) is 0 Å². The summed E-state index contributed by atoms with van der Waals surface area (Å²) in [4.78, 5) is 23.0. The monoisotopic (exact) mass is 281 g/mol. The third-order valence-electron chi connectivity index (χ3n) is 2.45. The van der Waals surface area contributed by atoms with Gasteiger partial charge in [0.05, 0.1) is 0 Å². The molecule has 2 amide bonds. The minimum atomic E-state index is -0.145. The predicted octanol–water partition coefficient (Wildman–Crippen LogP) is 1.90. The third-order valence-corrected chi connectivity index (χ3v) is 3.63. The molecule has 1 unspecified atom stereocenters. The van der Waals surface area contributed by atoms with Gasteiger partial charge in [0, 0.05) is 29.2 Å². The molecule has 0 aliphatic carbocycles. The number of amides is 2. The van der Waals surface area contributed by atoms with Gasteiger partial charge in [-0.15, -0.1) is 11.8 Å². The molecule has 1 aromatic carbocycles. The first-order chi connectivity index (χ1) is 9.01. The predicted molar refractivity (Wildman–Crippen MR) is 77.6 cm³/mol. The second-order valence-corrected chi connectivity index (χ2v) is 5.75. The van der Waals surface area contributed by atoms with Gasteiger partial charge < -0.3 is 5.32 Å². The SMILES string of the molecule is CC(=O)Nc1ccc(SC(C)CCC(=O)NN)cc1. The Kier molecular flexibility index (Phi) is 6.38. The number of hydrogen-bond acceptors (Lipinski definition) is 4. The highest BCUT2D eigenvalue weighted by Crippen LogP contribution is 2.27. The maximum Gasteiger partial charge on any atom is 0.233 e. The molecule has 0 spiro atoms. The second kappa shape index (κ2) is 7.81. The molecule has 5 nitrogen and oxygen atoms in total. The molecule has 1 aromatic rings. The first kappa shape index (κ1) is 15.5. The molecule has 19 heavy (non-hydrogen) atoms. The molecule has 0 aromatic heterocycles. The van der Waals surface area contributed by atoms with Gasteiger partial charge in [-0.2, -0.15) is 0 Å². The highest BCUT2D eigenvalue weighted by Gasteiger charge is 2.07. The van der Waals surface area contributed by atoms with Crippen LogP contribution in [0.4, 0.5) is 5.69 Å². The standard InChI is InChI=1S/C13H19N3O2S/c1-9(3-8-13(18)16-14)19-12-6-4-11(5-7-12)15-10(2)17/h4-7,9H,3,8,14H2,1-2H3,(H,15,17)(H,16,18). The van der Waals surface area contributed by atoms with Crippen molar-refractivity contribution in [1.82, 2.24) is 5.43 Å².